The molecular weight excluding hydrogens is 276 g/mol. The van der Waals surface area contributed by atoms with Crippen LogP contribution in [0.4, 0.5) is 0 Å². The van der Waals surface area contributed by atoms with Crippen molar-refractivity contribution in [3.05, 3.63) is 35.0 Å². The third-order valence-corrected chi connectivity index (χ3v) is 4.00. The number of nitrogens with zero attached hydrogens (tertiary/aromatic N) is 3. The zero-order valence-corrected chi connectivity index (χ0v) is 12.7. The van der Waals surface area contributed by atoms with Gasteiger partial charge in [-0.3, -0.25) is 9.89 Å². The molecular formula is C13H18N4O2S. The number of H-pyrrole nitrogens is 1. The van der Waals surface area contributed by atoms with E-state index in [0.717, 1.165) is 28.3 Å². The van der Waals surface area contributed by atoms with E-state index in [1.165, 1.54) is 0 Å². The lowest BCUT2D eigenvalue weighted by Crippen LogP contribution is -2.27. The van der Waals surface area contributed by atoms with Crippen LogP contribution in [-0.4, -0.2) is 39.0 Å². The lowest BCUT2D eigenvalue weighted by molar-refractivity contribution is -0.127. The Balaban J connectivity index is 1.77. The second kappa shape index (κ2) is 6.60. The third kappa shape index (κ3) is 3.63. The number of amides is 1. The molecule has 0 atom stereocenters. The lowest BCUT2D eigenvalue weighted by atomic mass is 10.2. The monoisotopic (exact) mass is 294 g/mol. The zero-order valence-electron chi connectivity index (χ0n) is 11.8. The normalized spacial score (nSPS) is 10.8. The van der Waals surface area contributed by atoms with Crippen LogP contribution < -0.4 is 0 Å². The Bertz CT molecular complexity index is 545. The second-order valence-corrected chi connectivity index (χ2v) is 5.64. The predicted octanol–water partition coefficient (Wildman–Crippen LogP) is 1.91. The van der Waals surface area contributed by atoms with E-state index >= 15 is 0 Å². The fourth-order valence-electron chi connectivity index (χ4n) is 1.78. The Morgan fingerprint density at radius 2 is 2.30 bits per heavy atom. The van der Waals surface area contributed by atoms with E-state index in [4.69, 9.17) is 4.52 Å². The van der Waals surface area contributed by atoms with E-state index < -0.39 is 0 Å². The molecule has 0 radical (unpaired) electrons. The number of aromatic nitrogens is 3. The zero-order chi connectivity index (χ0) is 14.5. The van der Waals surface area contributed by atoms with Crippen LogP contribution in [0, 0.1) is 13.8 Å². The van der Waals surface area contributed by atoms with Crippen molar-refractivity contribution in [1.82, 2.24) is 20.3 Å². The van der Waals surface area contributed by atoms with Crippen molar-refractivity contribution >= 4 is 17.7 Å². The van der Waals surface area contributed by atoms with E-state index in [9.17, 15) is 4.79 Å². The van der Waals surface area contributed by atoms with Crippen molar-refractivity contribution in [3.8, 4) is 0 Å². The van der Waals surface area contributed by atoms with Gasteiger partial charge in [0, 0.05) is 36.7 Å². The van der Waals surface area contributed by atoms with Crippen LogP contribution in [0.5, 0.6) is 0 Å². The lowest BCUT2D eigenvalue weighted by Gasteiger charge is -2.15. The molecule has 2 aromatic rings. The van der Waals surface area contributed by atoms with Crippen molar-refractivity contribution in [3.63, 3.8) is 0 Å². The molecule has 0 bridgehead atoms. The van der Waals surface area contributed by atoms with Gasteiger partial charge in [-0.15, -0.1) is 11.8 Å². The van der Waals surface area contributed by atoms with Crippen LogP contribution in [0.1, 0.15) is 22.6 Å². The van der Waals surface area contributed by atoms with E-state index in [2.05, 4.69) is 15.4 Å². The summed E-state index contributed by atoms with van der Waals surface area (Å²) in [5, 5.41) is 10.5. The highest BCUT2D eigenvalue weighted by atomic mass is 32.2. The van der Waals surface area contributed by atoms with E-state index in [1.807, 2.05) is 13.8 Å². The number of carbonyl (C=O) groups is 1. The molecule has 108 valence electrons. The molecule has 0 saturated heterocycles. The van der Waals surface area contributed by atoms with E-state index in [0.29, 0.717) is 12.3 Å². The molecule has 2 heterocycles. The molecule has 1 amide bonds. The molecule has 0 aliphatic heterocycles. The Morgan fingerprint density at radius 1 is 1.50 bits per heavy atom. The Morgan fingerprint density at radius 3 is 2.90 bits per heavy atom. The van der Waals surface area contributed by atoms with Crippen LogP contribution in [0.25, 0.3) is 0 Å². The molecule has 20 heavy (non-hydrogen) atoms. The molecule has 0 saturated carbocycles. The Kier molecular flexibility index (Phi) is 4.84. The van der Waals surface area contributed by atoms with Crippen molar-refractivity contribution in [1.29, 1.82) is 0 Å². The number of hydrogen-bond donors (Lipinski definition) is 1. The minimum atomic E-state index is 0.1000. The maximum atomic E-state index is 12.0. The Labute approximate surface area is 121 Å². The number of aryl methyl sites for hydroxylation is 2. The summed E-state index contributed by atoms with van der Waals surface area (Å²) in [6.07, 6.45) is 3.52. The minimum absolute atomic E-state index is 0.1000. The minimum Gasteiger partial charge on any atom is -0.361 e. The average Bonchev–Trinajstić information content (AvgIpc) is 3.02. The maximum absolute atomic E-state index is 12.0. The summed E-state index contributed by atoms with van der Waals surface area (Å²) >= 11 is 1.57. The maximum Gasteiger partial charge on any atom is 0.232 e. The van der Waals surface area contributed by atoms with Crippen molar-refractivity contribution in [2.45, 2.75) is 26.1 Å². The first-order valence-electron chi connectivity index (χ1n) is 6.29. The highest BCUT2D eigenvalue weighted by molar-refractivity contribution is 7.99. The van der Waals surface area contributed by atoms with Gasteiger partial charge in [-0.1, -0.05) is 5.16 Å². The smallest absolute Gasteiger partial charge is 0.232 e. The number of aromatic amines is 1. The van der Waals surface area contributed by atoms with Crippen LogP contribution in [0.2, 0.25) is 0 Å². The number of rotatable bonds is 6. The first kappa shape index (κ1) is 14.6. The van der Waals surface area contributed by atoms with E-state index in [-0.39, 0.29) is 5.91 Å². The fraction of sp³-hybridized carbons (Fsp3) is 0.462. The van der Waals surface area contributed by atoms with Gasteiger partial charge in [0.1, 0.15) is 5.76 Å². The standard InChI is InChI=1S/C13H18N4O2S/c1-9-12(10(2)19-16-9)7-20-8-13(18)17(3)6-11-4-14-15-5-11/h4-5H,6-8H2,1-3H3,(H,14,15). The number of carbonyl (C=O) groups excluding carboxylic acids is 1. The van der Waals surface area contributed by atoms with Gasteiger partial charge in [-0.25, -0.2) is 0 Å². The van der Waals surface area contributed by atoms with Gasteiger partial charge in [-0.05, 0) is 13.8 Å². The number of nitrogens with one attached hydrogen (secondary N) is 1. The third-order valence-electron chi connectivity index (χ3n) is 3.05. The summed E-state index contributed by atoms with van der Waals surface area (Å²) < 4.78 is 5.10. The van der Waals surface area contributed by atoms with Gasteiger partial charge >= 0.3 is 0 Å². The van der Waals surface area contributed by atoms with E-state index in [1.54, 1.807) is 36.1 Å². The Hall–Kier alpha value is -1.76. The molecule has 0 unspecified atom stereocenters. The molecule has 1 N–H and O–H groups in total. The molecule has 0 aliphatic carbocycles. The summed E-state index contributed by atoms with van der Waals surface area (Å²) in [5.41, 5.74) is 2.98. The quantitative estimate of drug-likeness (QED) is 0.880. The molecule has 0 aromatic carbocycles. The summed E-state index contributed by atoms with van der Waals surface area (Å²) in [7, 11) is 1.80. The van der Waals surface area contributed by atoms with Gasteiger partial charge < -0.3 is 9.42 Å². The molecule has 6 nitrogen and oxygen atoms in total. The van der Waals surface area contributed by atoms with Crippen LogP contribution in [0.3, 0.4) is 0 Å². The molecule has 0 spiro atoms. The summed E-state index contributed by atoms with van der Waals surface area (Å²) in [4.78, 5) is 13.7. The van der Waals surface area contributed by atoms with Gasteiger partial charge in [0.05, 0.1) is 17.6 Å². The predicted molar refractivity (Wildman–Crippen MR) is 77.2 cm³/mol. The molecule has 2 aromatic heterocycles. The highest BCUT2D eigenvalue weighted by Gasteiger charge is 2.13. The first-order chi connectivity index (χ1) is 9.58. The largest absolute Gasteiger partial charge is 0.361 e. The molecule has 7 heteroatoms. The summed E-state index contributed by atoms with van der Waals surface area (Å²) in [6, 6.07) is 0. The SMILES string of the molecule is Cc1noc(C)c1CSCC(=O)N(C)Cc1cn[nH]c1. The van der Waals surface area contributed by atoms with Crippen molar-refractivity contribution in [2.24, 2.45) is 0 Å². The van der Waals surface area contributed by atoms with Crippen molar-refractivity contribution < 1.29 is 9.32 Å². The van der Waals surface area contributed by atoms with Crippen molar-refractivity contribution in [2.75, 3.05) is 12.8 Å². The van der Waals surface area contributed by atoms with Gasteiger partial charge in [-0.2, -0.15) is 5.10 Å². The van der Waals surface area contributed by atoms with Crippen LogP contribution >= 0.6 is 11.8 Å². The number of hydrogen-bond acceptors (Lipinski definition) is 5. The summed E-state index contributed by atoms with van der Waals surface area (Å²) in [6.45, 7) is 4.38. The average molecular weight is 294 g/mol. The van der Waals surface area contributed by atoms with Gasteiger partial charge in [0.25, 0.3) is 0 Å². The van der Waals surface area contributed by atoms with Crippen LogP contribution in [0.15, 0.2) is 16.9 Å². The fourth-order valence-corrected chi connectivity index (χ4v) is 2.90. The van der Waals surface area contributed by atoms with Gasteiger partial charge in [0.2, 0.25) is 5.91 Å². The molecule has 2 rings (SSSR count). The molecule has 0 fully saturated rings. The topological polar surface area (TPSA) is 75.0 Å². The highest BCUT2D eigenvalue weighted by Crippen LogP contribution is 2.19. The second-order valence-electron chi connectivity index (χ2n) is 4.65. The van der Waals surface area contributed by atoms with Crippen LogP contribution in [-0.2, 0) is 17.1 Å². The van der Waals surface area contributed by atoms with Gasteiger partial charge in [0.15, 0.2) is 0 Å². The first-order valence-corrected chi connectivity index (χ1v) is 7.44. The molecule has 0 aliphatic rings. The number of thioether (sulfide) groups is 1. The summed E-state index contributed by atoms with van der Waals surface area (Å²) in [5.74, 6) is 2.11.